The van der Waals surface area contributed by atoms with Gasteiger partial charge in [0.25, 0.3) is 0 Å². The van der Waals surface area contributed by atoms with Gasteiger partial charge < -0.3 is 4.42 Å². The van der Waals surface area contributed by atoms with E-state index in [2.05, 4.69) is 22.0 Å². The van der Waals surface area contributed by atoms with Crippen molar-refractivity contribution in [1.29, 1.82) is 0 Å². The molecular weight excluding hydrogens is 270 g/mol. The third kappa shape index (κ3) is 2.21. The van der Waals surface area contributed by atoms with Crippen molar-refractivity contribution in [3.8, 4) is 0 Å². The van der Waals surface area contributed by atoms with Gasteiger partial charge in [-0.15, -0.1) is 0 Å². The number of hydrogen-bond acceptors (Lipinski definition) is 2. The predicted molar refractivity (Wildman–Crippen MR) is 68.2 cm³/mol. The van der Waals surface area contributed by atoms with Crippen molar-refractivity contribution in [2.24, 2.45) is 7.05 Å². The SMILES string of the molecule is Cn1c(=O)oc2cc(CCCCBr)ccc21. The molecule has 0 fully saturated rings. The zero-order valence-corrected chi connectivity index (χ0v) is 10.8. The number of unbranched alkanes of at least 4 members (excludes halogenated alkanes) is 1. The Kier molecular flexibility index (Phi) is 3.49. The predicted octanol–water partition coefficient (Wildman–Crippen LogP) is 2.85. The molecule has 16 heavy (non-hydrogen) atoms. The monoisotopic (exact) mass is 283 g/mol. The van der Waals surface area contributed by atoms with Crippen LogP contribution in [-0.2, 0) is 13.5 Å². The number of hydrogen-bond donors (Lipinski definition) is 0. The Morgan fingerprint density at radius 2 is 2.19 bits per heavy atom. The second-order valence-corrected chi connectivity index (χ2v) is 4.67. The number of benzene rings is 1. The van der Waals surface area contributed by atoms with Gasteiger partial charge in [-0.2, -0.15) is 0 Å². The minimum absolute atomic E-state index is 0.299. The summed E-state index contributed by atoms with van der Waals surface area (Å²) in [6.45, 7) is 0. The molecule has 1 heterocycles. The van der Waals surface area contributed by atoms with Gasteiger partial charge in [-0.3, -0.25) is 4.57 Å². The van der Waals surface area contributed by atoms with Gasteiger partial charge in [0.15, 0.2) is 5.58 Å². The molecule has 0 bridgehead atoms. The summed E-state index contributed by atoms with van der Waals surface area (Å²) in [4.78, 5) is 11.3. The molecule has 0 aliphatic carbocycles. The summed E-state index contributed by atoms with van der Waals surface area (Å²) in [5.41, 5.74) is 2.76. The van der Waals surface area contributed by atoms with Gasteiger partial charge in [-0.1, -0.05) is 22.0 Å². The molecule has 0 saturated heterocycles. The van der Waals surface area contributed by atoms with Crippen LogP contribution in [0.2, 0.25) is 0 Å². The normalized spacial score (nSPS) is 11.1. The van der Waals surface area contributed by atoms with Crippen molar-refractivity contribution in [2.75, 3.05) is 5.33 Å². The van der Waals surface area contributed by atoms with Crippen LogP contribution in [0, 0.1) is 0 Å². The summed E-state index contributed by atoms with van der Waals surface area (Å²) in [6.07, 6.45) is 3.34. The zero-order chi connectivity index (χ0) is 11.5. The number of oxazole rings is 1. The molecule has 3 nitrogen and oxygen atoms in total. The van der Waals surface area contributed by atoms with Crippen LogP contribution in [0.3, 0.4) is 0 Å². The average Bonchev–Trinajstić information content (AvgIpc) is 2.55. The highest BCUT2D eigenvalue weighted by Gasteiger charge is 2.05. The first kappa shape index (κ1) is 11.5. The highest BCUT2D eigenvalue weighted by Crippen LogP contribution is 2.15. The summed E-state index contributed by atoms with van der Waals surface area (Å²) in [5, 5.41) is 1.04. The molecule has 0 aliphatic heterocycles. The molecule has 0 spiro atoms. The molecule has 0 amide bonds. The van der Waals surface area contributed by atoms with E-state index in [-0.39, 0.29) is 5.76 Å². The van der Waals surface area contributed by atoms with Crippen molar-refractivity contribution in [2.45, 2.75) is 19.3 Å². The van der Waals surface area contributed by atoms with E-state index < -0.39 is 0 Å². The maximum atomic E-state index is 11.3. The van der Waals surface area contributed by atoms with Crippen molar-refractivity contribution < 1.29 is 4.42 Å². The molecule has 0 aliphatic rings. The van der Waals surface area contributed by atoms with E-state index >= 15 is 0 Å². The number of halogens is 1. The van der Waals surface area contributed by atoms with Crippen LogP contribution in [0.25, 0.3) is 11.1 Å². The first-order chi connectivity index (χ1) is 7.72. The molecule has 86 valence electrons. The Balaban J connectivity index is 2.27. The van der Waals surface area contributed by atoms with E-state index in [1.807, 2.05) is 12.1 Å². The molecular formula is C12H14BrNO2. The Morgan fingerprint density at radius 1 is 1.38 bits per heavy atom. The smallest absolute Gasteiger partial charge is 0.408 e. The zero-order valence-electron chi connectivity index (χ0n) is 9.20. The van der Waals surface area contributed by atoms with E-state index in [4.69, 9.17) is 4.42 Å². The highest BCUT2D eigenvalue weighted by molar-refractivity contribution is 9.09. The number of fused-ring (bicyclic) bond motifs is 1. The van der Waals surface area contributed by atoms with E-state index in [0.29, 0.717) is 5.58 Å². The van der Waals surface area contributed by atoms with E-state index in [9.17, 15) is 4.79 Å². The Morgan fingerprint density at radius 3 is 2.94 bits per heavy atom. The molecule has 0 radical (unpaired) electrons. The van der Waals surface area contributed by atoms with Gasteiger partial charge in [-0.25, -0.2) is 4.79 Å². The summed E-state index contributed by atoms with van der Waals surface area (Å²) >= 11 is 3.41. The van der Waals surface area contributed by atoms with Gasteiger partial charge in [0.2, 0.25) is 0 Å². The van der Waals surface area contributed by atoms with Crippen LogP contribution in [0.4, 0.5) is 0 Å². The van der Waals surface area contributed by atoms with Gasteiger partial charge in [0, 0.05) is 12.4 Å². The lowest BCUT2D eigenvalue weighted by Crippen LogP contribution is -2.08. The Hall–Kier alpha value is -1.03. The lowest BCUT2D eigenvalue weighted by Gasteiger charge is -1.99. The second-order valence-electron chi connectivity index (χ2n) is 3.88. The molecule has 1 aromatic carbocycles. The Labute approximate surface area is 102 Å². The maximum absolute atomic E-state index is 11.3. The summed E-state index contributed by atoms with van der Waals surface area (Å²) < 4.78 is 6.67. The van der Waals surface area contributed by atoms with Crippen LogP contribution in [0.1, 0.15) is 18.4 Å². The quantitative estimate of drug-likeness (QED) is 0.639. The van der Waals surface area contributed by atoms with Crippen LogP contribution in [-0.4, -0.2) is 9.90 Å². The van der Waals surface area contributed by atoms with Gasteiger partial charge in [-0.05, 0) is 37.0 Å². The number of alkyl halides is 1. The molecule has 1 aromatic heterocycles. The van der Waals surface area contributed by atoms with Crippen LogP contribution in [0.15, 0.2) is 27.4 Å². The number of nitrogens with zero attached hydrogens (tertiary/aromatic N) is 1. The third-order valence-corrected chi connectivity index (χ3v) is 3.27. The summed E-state index contributed by atoms with van der Waals surface area (Å²) in [7, 11) is 1.72. The number of aryl methyl sites for hydroxylation is 2. The molecule has 0 saturated carbocycles. The van der Waals surface area contributed by atoms with Crippen LogP contribution in [0.5, 0.6) is 0 Å². The fourth-order valence-corrected chi connectivity index (χ4v) is 2.15. The van der Waals surface area contributed by atoms with Crippen LogP contribution < -0.4 is 5.76 Å². The Bertz CT molecular complexity index is 541. The maximum Gasteiger partial charge on any atom is 0.419 e. The van der Waals surface area contributed by atoms with E-state index in [0.717, 1.165) is 30.1 Å². The van der Waals surface area contributed by atoms with Crippen molar-refractivity contribution in [1.82, 2.24) is 4.57 Å². The second kappa shape index (κ2) is 4.87. The number of aromatic nitrogens is 1. The van der Waals surface area contributed by atoms with Gasteiger partial charge in [0.05, 0.1) is 5.52 Å². The summed E-state index contributed by atoms with van der Waals surface area (Å²) in [6, 6.07) is 5.97. The lowest BCUT2D eigenvalue weighted by atomic mass is 10.1. The minimum Gasteiger partial charge on any atom is -0.408 e. The lowest BCUT2D eigenvalue weighted by molar-refractivity contribution is 0.528. The fourth-order valence-electron chi connectivity index (χ4n) is 1.76. The molecule has 0 N–H and O–H groups in total. The third-order valence-electron chi connectivity index (χ3n) is 2.71. The molecule has 4 heteroatoms. The minimum atomic E-state index is -0.299. The standard InChI is InChI=1S/C12H14BrNO2/c1-14-10-6-5-9(4-2-3-7-13)8-11(10)16-12(14)15/h5-6,8H,2-4,7H2,1H3. The fraction of sp³-hybridized carbons (Fsp3) is 0.417. The van der Waals surface area contributed by atoms with E-state index in [1.54, 1.807) is 7.05 Å². The highest BCUT2D eigenvalue weighted by atomic mass is 79.9. The van der Waals surface area contributed by atoms with Gasteiger partial charge >= 0.3 is 5.76 Å². The molecule has 0 unspecified atom stereocenters. The first-order valence-electron chi connectivity index (χ1n) is 5.37. The van der Waals surface area contributed by atoms with Crippen LogP contribution >= 0.6 is 15.9 Å². The molecule has 2 rings (SSSR count). The first-order valence-corrected chi connectivity index (χ1v) is 6.49. The van der Waals surface area contributed by atoms with Crippen molar-refractivity contribution in [3.05, 3.63) is 34.3 Å². The topological polar surface area (TPSA) is 35.1 Å². The van der Waals surface area contributed by atoms with Crippen molar-refractivity contribution in [3.63, 3.8) is 0 Å². The number of rotatable bonds is 4. The summed E-state index contributed by atoms with van der Waals surface area (Å²) in [5.74, 6) is -0.299. The molecule has 0 atom stereocenters. The van der Waals surface area contributed by atoms with Gasteiger partial charge in [0.1, 0.15) is 0 Å². The van der Waals surface area contributed by atoms with E-state index in [1.165, 1.54) is 10.1 Å². The largest absolute Gasteiger partial charge is 0.419 e. The average molecular weight is 284 g/mol. The van der Waals surface area contributed by atoms with Crippen molar-refractivity contribution >= 4 is 27.0 Å². The molecule has 2 aromatic rings.